The van der Waals surface area contributed by atoms with E-state index in [9.17, 15) is 0 Å². The van der Waals surface area contributed by atoms with Crippen molar-refractivity contribution >= 4 is 32.6 Å². The fourth-order valence-corrected chi connectivity index (χ4v) is 6.30. The van der Waals surface area contributed by atoms with E-state index >= 15 is 0 Å². The summed E-state index contributed by atoms with van der Waals surface area (Å²) in [6.45, 7) is 4.86. The number of rotatable bonds is 12. The molecule has 0 fully saturated rings. The molecule has 0 aliphatic carbocycles. The van der Waals surface area contributed by atoms with E-state index in [-0.39, 0.29) is 6.10 Å². The minimum Gasteiger partial charge on any atom is -0.456 e. The molecule has 5 heteroatoms. The average Bonchev–Trinajstić information content (AvgIpc) is 3.03. The van der Waals surface area contributed by atoms with Crippen LogP contribution in [0.2, 0.25) is 0 Å². The van der Waals surface area contributed by atoms with Gasteiger partial charge in [-0.3, -0.25) is 4.99 Å². The first-order chi connectivity index (χ1) is 20.2. The summed E-state index contributed by atoms with van der Waals surface area (Å²) < 4.78 is 17.0. The van der Waals surface area contributed by atoms with E-state index in [2.05, 4.69) is 78.8 Å². The monoisotopic (exact) mass is 554 g/mol. The molecule has 1 unspecified atom stereocenters. The lowest BCUT2D eigenvalue weighted by molar-refractivity contribution is 0.158. The van der Waals surface area contributed by atoms with Gasteiger partial charge in [-0.15, -0.1) is 0 Å². The summed E-state index contributed by atoms with van der Waals surface area (Å²) in [5, 5.41) is 0. The smallest absolute Gasteiger partial charge is 0.456 e. The molecular weight excluding hydrogens is 519 g/mol. The summed E-state index contributed by atoms with van der Waals surface area (Å²) in [4.78, 5) is 4.94. The van der Waals surface area contributed by atoms with Crippen LogP contribution in [0.5, 0.6) is 0 Å². The fraction of sp³-hybridized carbons (Fsp3) is 0.139. The van der Waals surface area contributed by atoms with Gasteiger partial charge in [0.05, 0.1) is 11.8 Å². The molecule has 0 radical (unpaired) electrons. The summed E-state index contributed by atoms with van der Waals surface area (Å²) in [6.07, 6.45) is 1.62. The van der Waals surface area contributed by atoms with Gasteiger partial charge in [0.25, 0.3) is 0 Å². The highest BCUT2D eigenvalue weighted by Gasteiger charge is 2.34. The van der Waals surface area contributed by atoms with Gasteiger partial charge in [0.2, 0.25) is 0 Å². The Morgan fingerprint density at radius 1 is 0.683 bits per heavy atom. The van der Waals surface area contributed by atoms with E-state index in [0.29, 0.717) is 12.5 Å². The fourth-order valence-electron chi connectivity index (χ4n) is 4.71. The summed E-state index contributed by atoms with van der Waals surface area (Å²) in [5.41, 5.74) is 7.41. The van der Waals surface area contributed by atoms with Crippen molar-refractivity contribution in [2.24, 2.45) is 4.99 Å². The number of nitrogens with one attached hydrogen (secondary N) is 1. The van der Waals surface area contributed by atoms with Crippen LogP contribution in [0.3, 0.4) is 0 Å². The van der Waals surface area contributed by atoms with Gasteiger partial charge in [0.1, 0.15) is 0 Å². The van der Waals surface area contributed by atoms with Crippen LogP contribution in [-0.4, -0.2) is 21.3 Å². The maximum atomic E-state index is 6.95. The molecule has 0 aromatic heterocycles. The first-order valence-electron chi connectivity index (χ1n) is 14.1. The number of aliphatic imine (C=N–C) groups is 1. The summed E-state index contributed by atoms with van der Waals surface area (Å²) >= 11 is -2.44. The average molecular weight is 555 g/mol. The van der Waals surface area contributed by atoms with Gasteiger partial charge in [-0.05, 0) is 51.9 Å². The molecule has 0 spiro atoms. The van der Waals surface area contributed by atoms with Crippen molar-refractivity contribution in [1.82, 2.24) is 0 Å². The minimum absolute atomic E-state index is 0.345. The molecule has 0 heterocycles. The van der Waals surface area contributed by atoms with E-state index in [1.54, 1.807) is 0 Å². The van der Waals surface area contributed by atoms with Crippen molar-refractivity contribution in [2.45, 2.75) is 32.5 Å². The third-order valence-corrected chi connectivity index (χ3v) is 8.40. The maximum Gasteiger partial charge on any atom is 0.847 e. The topological polar surface area (TPSA) is 42.8 Å². The predicted molar refractivity (Wildman–Crippen MR) is 171 cm³/mol. The van der Waals surface area contributed by atoms with Crippen molar-refractivity contribution in [3.8, 4) is 0 Å². The van der Waals surface area contributed by atoms with E-state index in [1.807, 2.05) is 85.1 Å². The van der Waals surface area contributed by atoms with Gasteiger partial charge in [0, 0.05) is 18.5 Å². The molecular formula is C36H35AlN2O2. The SMILES string of the molecule is CC(C)c1ccccc1N=Cc1ccccc1C([O][Al]([NH]c1ccccc1)[O]Cc1ccccc1)c1ccccc1. The number of para-hydroxylation sites is 2. The second-order valence-electron chi connectivity index (χ2n) is 10.2. The molecule has 1 atom stereocenters. The molecule has 0 amide bonds. The first kappa shape index (κ1) is 28.5. The van der Waals surface area contributed by atoms with Gasteiger partial charge in [0.15, 0.2) is 0 Å². The molecule has 5 aromatic rings. The van der Waals surface area contributed by atoms with E-state index in [1.165, 1.54) is 5.56 Å². The van der Waals surface area contributed by atoms with Crippen LogP contribution in [0.1, 0.15) is 53.7 Å². The van der Waals surface area contributed by atoms with Crippen LogP contribution >= 0.6 is 0 Å². The molecule has 1 N–H and O–H groups in total. The highest BCUT2D eigenvalue weighted by Crippen LogP contribution is 2.31. The number of nitrogens with zero attached hydrogens (tertiary/aromatic N) is 1. The van der Waals surface area contributed by atoms with Crippen molar-refractivity contribution in [2.75, 3.05) is 4.30 Å². The van der Waals surface area contributed by atoms with Crippen LogP contribution in [-0.2, 0) is 14.2 Å². The van der Waals surface area contributed by atoms with Crippen LogP contribution in [0.25, 0.3) is 0 Å². The zero-order valence-corrected chi connectivity index (χ0v) is 24.7. The van der Waals surface area contributed by atoms with Crippen molar-refractivity contribution < 1.29 is 7.58 Å². The van der Waals surface area contributed by atoms with Gasteiger partial charge in [-0.25, -0.2) is 0 Å². The Morgan fingerprint density at radius 3 is 1.98 bits per heavy atom. The standard InChI is InChI=1S/C23H22NO.C7H7O.C6H6N.Al/c1-17(2)20-13-8-9-15-22(20)24-16-19-12-6-7-14-21(19)23(25)18-10-4-3-5-11-18;8-6-7-4-2-1-3-5-7;7-6-4-2-1-3-5-6;/h3-17,23H,1-2H3;1-5H,6H2;1-5,7H;/q3*-1;+3. The second-order valence-corrected chi connectivity index (χ2v) is 11.7. The predicted octanol–water partition coefficient (Wildman–Crippen LogP) is 8.98. The zero-order valence-electron chi connectivity index (χ0n) is 23.6. The molecule has 4 nitrogen and oxygen atoms in total. The Morgan fingerprint density at radius 2 is 1.27 bits per heavy atom. The normalized spacial score (nSPS) is 12.0. The van der Waals surface area contributed by atoms with Crippen LogP contribution < -0.4 is 4.30 Å². The lowest BCUT2D eigenvalue weighted by Crippen LogP contribution is -2.34. The maximum absolute atomic E-state index is 6.95. The zero-order chi connectivity index (χ0) is 28.3. The minimum atomic E-state index is -2.44. The Labute approximate surface area is 248 Å². The van der Waals surface area contributed by atoms with Gasteiger partial charge in [-0.2, -0.15) is 0 Å². The molecule has 0 aliphatic heterocycles. The molecule has 0 saturated heterocycles. The lowest BCUT2D eigenvalue weighted by Gasteiger charge is -2.25. The van der Waals surface area contributed by atoms with Gasteiger partial charge in [-0.1, -0.05) is 135 Å². The largest absolute Gasteiger partial charge is 0.847 e. The molecule has 41 heavy (non-hydrogen) atoms. The Kier molecular flexibility index (Phi) is 10.2. The molecule has 5 rings (SSSR count). The number of benzene rings is 5. The Bertz CT molecular complexity index is 1530. The second kappa shape index (κ2) is 14.6. The van der Waals surface area contributed by atoms with E-state index in [4.69, 9.17) is 12.6 Å². The molecule has 5 aromatic carbocycles. The quantitative estimate of drug-likeness (QED) is 0.124. The van der Waals surface area contributed by atoms with E-state index < -0.39 is 15.0 Å². The van der Waals surface area contributed by atoms with Crippen molar-refractivity contribution in [3.63, 3.8) is 0 Å². The van der Waals surface area contributed by atoms with Crippen molar-refractivity contribution in [3.05, 3.63) is 167 Å². The Balaban J connectivity index is 1.49. The van der Waals surface area contributed by atoms with Crippen LogP contribution in [0.15, 0.2) is 145 Å². The van der Waals surface area contributed by atoms with E-state index in [0.717, 1.165) is 33.6 Å². The highest BCUT2D eigenvalue weighted by molar-refractivity contribution is 6.49. The number of anilines is 1. The third kappa shape index (κ3) is 8.04. The number of hydrogen-bond acceptors (Lipinski definition) is 4. The van der Waals surface area contributed by atoms with Gasteiger partial charge >= 0.3 is 15.0 Å². The first-order valence-corrected chi connectivity index (χ1v) is 15.6. The summed E-state index contributed by atoms with van der Waals surface area (Å²) in [6, 6.07) is 47.3. The van der Waals surface area contributed by atoms with Gasteiger partial charge < -0.3 is 11.9 Å². The molecule has 0 saturated carbocycles. The van der Waals surface area contributed by atoms with Crippen LogP contribution in [0.4, 0.5) is 11.4 Å². The summed E-state index contributed by atoms with van der Waals surface area (Å²) in [7, 11) is 0. The lowest BCUT2D eigenvalue weighted by atomic mass is 9.97. The Hall–Kier alpha value is -3.98. The highest BCUT2D eigenvalue weighted by atomic mass is 27.2. The summed E-state index contributed by atoms with van der Waals surface area (Å²) in [5.74, 6) is 0.386. The molecule has 0 aliphatic rings. The third-order valence-electron chi connectivity index (χ3n) is 6.84. The van der Waals surface area contributed by atoms with Crippen LogP contribution in [0, 0.1) is 0 Å². The molecule has 204 valence electrons. The van der Waals surface area contributed by atoms with Crippen molar-refractivity contribution in [1.29, 1.82) is 0 Å². The number of hydrogen-bond donors (Lipinski definition) is 1. The molecule has 0 bridgehead atoms.